The average Bonchev–Trinajstić information content (AvgIpc) is 2.66. The summed E-state index contributed by atoms with van der Waals surface area (Å²) in [4.78, 5) is 11.5. The van der Waals surface area contributed by atoms with E-state index in [-0.39, 0.29) is 35.1 Å². The highest BCUT2D eigenvalue weighted by molar-refractivity contribution is 8.02. The van der Waals surface area contributed by atoms with Crippen molar-refractivity contribution in [1.82, 2.24) is 10.6 Å². The molecule has 2 N–H and O–H groups in total. The second kappa shape index (κ2) is 9.85. The Morgan fingerprint density at radius 3 is 2.63 bits per heavy atom. The van der Waals surface area contributed by atoms with Crippen molar-refractivity contribution in [2.75, 3.05) is 36.9 Å². The van der Waals surface area contributed by atoms with Crippen molar-refractivity contribution in [3.63, 3.8) is 0 Å². The number of sulfone groups is 1. The van der Waals surface area contributed by atoms with Crippen LogP contribution in [0.3, 0.4) is 0 Å². The van der Waals surface area contributed by atoms with Gasteiger partial charge in [-0.05, 0) is 19.4 Å². The lowest BCUT2D eigenvalue weighted by Crippen LogP contribution is -2.33. The summed E-state index contributed by atoms with van der Waals surface area (Å²) in [5, 5.41) is 6.11. The molecule has 19 heavy (non-hydrogen) atoms. The highest BCUT2D eigenvalue weighted by Crippen LogP contribution is 2.23. The third-order valence-electron chi connectivity index (χ3n) is 2.69. The molecule has 8 heteroatoms. The Balaban J connectivity index is 0.00000324. The molecular formula is C11H23ClN2O3S2. The summed E-state index contributed by atoms with van der Waals surface area (Å²) >= 11 is 1.45. The van der Waals surface area contributed by atoms with Crippen molar-refractivity contribution in [3.05, 3.63) is 0 Å². The van der Waals surface area contributed by atoms with Crippen molar-refractivity contribution >= 4 is 39.9 Å². The molecule has 0 aromatic heterocycles. The van der Waals surface area contributed by atoms with Gasteiger partial charge < -0.3 is 10.6 Å². The molecule has 1 aliphatic rings. The van der Waals surface area contributed by atoms with Crippen LogP contribution in [0.5, 0.6) is 0 Å². The van der Waals surface area contributed by atoms with Gasteiger partial charge in [-0.1, -0.05) is 6.92 Å². The van der Waals surface area contributed by atoms with Crippen molar-refractivity contribution in [2.24, 2.45) is 0 Å². The van der Waals surface area contributed by atoms with Crippen LogP contribution in [0, 0.1) is 0 Å². The predicted molar refractivity (Wildman–Crippen MR) is 82.9 cm³/mol. The van der Waals surface area contributed by atoms with Crippen LogP contribution >= 0.6 is 24.2 Å². The van der Waals surface area contributed by atoms with Gasteiger partial charge in [0.15, 0.2) is 9.84 Å². The van der Waals surface area contributed by atoms with E-state index in [0.29, 0.717) is 18.7 Å². The fourth-order valence-electron chi connectivity index (χ4n) is 1.73. The quantitative estimate of drug-likeness (QED) is 0.632. The van der Waals surface area contributed by atoms with E-state index in [0.717, 1.165) is 19.5 Å². The predicted octanol–water partition coefficient (Wildman–Crippen LogP) is 0.444. The van der Waals surface area contributed by atoms with Crippen LogP contribution < -0.4 is 10.6 Å². The number of nitrogens with one attached hydrogen (secondary N) is 2. The van der Waals surface area contributed by atoms with Gasteiger partial charge in [0, 0.05) is 18.3 Å². The van der Waals surface area contributed by atoms with Crippen LogP contribution in [0.1, 0.15) is 19.8 Å². The first-order valence-corrected chi connectivity index (χ1v) is 9.20. The van der Waals surface area contributed by atoms with E-state index >= 15 is 0 Å². The maximum atomic E-state index is 11.5. The van der Waals surface area contributed by atoms with Gasteiger partial charge in [0.1, 0.15) is 0 Å². The number of carbonyl (C=O) groups excluding carboxylic acids is 1. The molecule has 0 aromatic carbocycles. The number of carbonyl (C=O) groups is 1. The minimum absolute atomic E-state index is 0. The third-order valence-corrected chi connectivity index (χ3v) is 5.97. The van der Waals surface area contributed by atoms with E-state index in [4.69, 9.17) is 0 Å². The maximum absolute atomic E-state index is 11.5. The zero-order chi connectivity index (χ0) is 13.4. The van der Waals surface area contributed by atoms with Crippen LogP contribution in [-0.2, 0) is 14.6 Å². The number of rotatable bonds is 8. The number of halogens is 1. The van der Waals surface area contributed by atoms with E-state index in [2.05, 4.69) is 17.6 Å². The van der Waals surface area contributed by atoms with Crippen LogP contribution in [0.4, 0.5) is 0 Å². The Hall–Kier alpha value is 0.0200. The van der Waals surface area contributed by atoms with Crippen LogP contribution in [0.25, 0.3) is 0 Å². The maximum Gasteiger partial charge on any atom is 0.230 e. The van der Waals surface area contributed by atoms with Gasteiger partial charge in [0.25, 0.3) is 0 Å². The van der Waals surface area contributed by atoms with Gasteiger partial charge in [-0.15, -0.1) is 24.2 Å². The molecule has 0 spiro atoms. The lowest BCUT2D eigenvalue weighted by molar-refractivity contribution is -0.118. The number of hydrogen-bond donors (Lipinski definition) is 2. The molecule has 1 saturated heterocycles. The molecule has 1 atom stereocenters. The monoisotopic (exact) mass is 330 g/mol. The molecule has 1 rings (SSSR count). The van der Waals surface area contributed by atoms with Gasteiger partial charge in [-0.2, -0.15) is 0 Å². The lowest BCUT2D eigenvalue weighted by Gasteiger charge is -2.08. The van der Waals surface area contributed by atoms with E-state index in [1.54, 1.807) is 0 Å². The molecule has 114 valence electrons. The number of thioether (sulfide) groups is 1. The van der Waals surface area contributed by atoms with E-state index in [1.165, 1.54) is 11.8 Å². The average molecular weight is 331 g/mol. The normalized spacial score (nSPS) is 20.8. The Morgan fingerprint density at radius 1 is 1.32 bits per heavy atom. The number of amides is 1. The van der Waals surface area contributed by atoms with Crippen LogP contribution in [0.2, 0.25) is 0 Å². The highest BCUT2D eigenvalue weighted by Gasteiger charge is 2.28. The summed E-state index contributed by atoms with van der Waals surface area (Å²) in [6.07, 6.45) is 1.76. The molecule has 1 unspecified atom stereocenters. The smallest absolute Gasteiger partial charge is 0.230 e. The fraction of sp³-hybridized carbons (Fsp3) is 0.909. The largest absolute Gasteiger partial charge is 0.354 e. The topological polar surface area (TPSA) is 75.3 Å². The van der Waals surface area contributed by atoms with E-state index in [9.17, 15) is 13.2 Å². The lowest BCUT2D eigenvalue weighted by atomic mass is 10.4. The van der Waals surface area contributed by atoms with Gasteiger partial charge in [-0.3, -0.25) is 4.79 Å². The molecule has 0 aliphatic carbocycles. The zero-order valence-corrected chi connectivity index (χ0v) is 13.6. The van der Waals surface area contributed by atoms with E-state index in [1.807, 2.05) is 0 Å². The van der Waals surface area contributed by atoms with Crippen molar-refractivity contribution < 1.29 is 13.2 Å². The molecule has 5 nitrogen and oxygen atoms in total. The first kappa shape index (κ1) is 19.0. The van der Waals surface area contributed by atoms with Crippen LogP contribution in [0.15, 0.2) is 0 Å². The SMILES string of the molecule is CCCNCCNC(=O)CSC1CCS(=O)(=O)C1.Cl. The third kappa shape index (κ3) is 8.73. The van der Waals surface area contributed by atoms with Crippen molar-refractivity contribution in [2.45, 2.75) is 25.0 Å². The summed E-state index contributed by atoms with van der Waals surface area (Å²) in [6.45, 7) is 4.47. The molecule has 1 heterocycles. The van der Waals surface area contributed by atoms with E-state index < -0.39 is 9.84 Å². The number of hydrogen-bond acceptors (Lipinski definition) is 5. The first-order valence-electron chi connectivity index (χ1n) is 6.33. The molecule has 0 saturated carbocycles. The van der Waals surface area contributed by atoms with Crippen molar-refractivity contribution in [3.8, 4) is 0 Å². The molecule has 1 fully saturated rings. The summed E-state index contributed by atoms with van der Waals surface area (Å²) in [6, 6.07) is 0. The minimum atomic E-state index is -2.83. The molecule has 1 aliphatic heterocycles. The molecular weight excluding hydrogens is 308 g/mol. The Kier molecular flexibility index (Phi) is 9.86. The first-order chi connectivity index (χ1) is 8.53. The standard InChI is InChI=1S/C11H22N2O3S2.ClH/c1-2-4-12-5-6-13-11(14)8-17-10-3-7-18(15,16)9-10;/h10,12H,2-9H2,1H3,(H,13,14);1H. The molecule has 1 amide bonds. The summed E-state index contributed by atoms with van der Waals surface area (Å²) in [7, 11) is -2.83. The zero-order valence-electron chi connectivity index (χ0n) is 11.2. The highest BCUT2D eigenvalue weighted by atomic mass is 35.5. The molecule has 0 aromatic rings. The summed E-state index contributed by atoms with van der Waals surface area (Å²) in [5.41, 5.74) is 0. The van der Waals surface area contributed by atoms with Crippen LogP contribution in [-0.4, -0.2) is 56.5 Å². The Morgan fingerprint density at radius 2 is 2.05 bits per heavy atom. The van der Waals surface area contributed by atoms with Crippen molar-refractivity contribution in [1.29, 1.82) is 0 Å². The van der Waals surface area contributed by atoms with Gasteiger partial charge >= 0.3 is 0 Å². The summed E-state index contributed by atoms with van der Waals surface area (Å²) < 4.78 is 22.5. The molecule has 0 radical (unpaired) electrons. The minimum Gasteiger partial charge on any atom is -0.354 e. The van der Waals surface area contributed by atoms with Gasteiger partial charge in [0.05, 0.1) is 17.3 Å². The second-order valence-corrected chi connectivity index (χ2v) is 7.95. The molecule has 0 bridgehead atoms. The Labute approximate surface area is 126 Å². The fourth-order valence-corrected chi connectivity index (χ4v) is 5.20. The summed E-state index contributed by atoms with van der Waals surface area (Å²) in [5.74, 6) is 0.840. The second-order valence-electron chi connectivity index (χ2n) is 4.44. The Bertz CT molecular complexity index is 363. The van der Waals surface area contributed by atoms with Gasteiger partial charge in [0.2, 0.25) is 5.91 Å². The van der Waals surface area contributed by atoms with Gasteiger partial charge in [-0.25, -0.2) is 8.42 Å².